The number of furan rings is 1. The van der Waals surface area contributed by atoms with Crippen LogP contribution in [0, 0.1) is 0 Å². The maximum Gasteiger partial charge on any atom is 0.134 e. The van der Waals surface area contributed by atoms with Gasteiger partial charge in [-0.15, -0.1) is 0 Å². The molecule has 0 saturated heterocycles. The van der Waals surface area contributed by atoms with Gasteiger partial charge in [0.1, 0.15) is 11.5 Å². The van der Waals surface area contributed by atoms with Crippen LogP contribution in [0.15, 0.2) is 40.8 Å². The summed E-state index contributed by atoms with van der Waals surface area (Å²) in [7, 11) is 0. The molecule has 0 aliphatic rings. The SMILES string of the molecule is C[C@H](N)c1ccc(-c2ccc(Cl)cc2)o1. The molecule has 0 amide bonds. The van der Waals surface area contributed by atoms with Crippen molar-refractivity contribution in [1.29, 1.82) is 0 Å². The van der Waals surface area contributed by atoms with Crippen molar-refractivity contribution in [2.75, 3.05) is 0 Å². The van der Waals surface area contributed by atoms with Gasteiger partial charge in [-0.25, -0.2) is 0 Å². The number of hydrogen-bond acceptors (Lipinski definition) is 2. The summed E-state index contributed by atoms with van der Waals surface area (Å²) in [6, 6.07) is 11.3. The second-order valence-electron chi connectivity index (χ2n) is 3.50. The van der Waals surface area contributed by atoms with Crippen molar-refractivity contribution < 1.29 is 4.42 Å². The molecule has 3 heteroatoms. The average molecular weight is 222 g/mol. The number of benzene rings is 1. The van der Waals surface area contributed by atoms with Crippen LogP contribution in [0.5, 0.6) is 0 Å². The van der Waals surface area contributed by atoms with E-state index in [1.807, 2.05) is 43.3 Å². The Morgan fingerprint density at radius 1 is 1.13 bits per heavy atom. The molecule has 2 nitrogen and oxygen atoms in total. The predicted octanol–water partition coefficient (Wildman–Crippen LogP) is 3.62. The van der Waals surface area contributed by atoms with Crippen LogP contribution in [0.4, 0.5) is 0 Å². The Balaban J connectivity index is 2.33. The van der Waals surface area contributed by atoms with Gasteiger partial charge >= 0.3 is 0 Å². The summed E-state index contributed by atoms with van der Waals surface area (Å²) < 4.78 is 5.60. The highest BCUT2D eigenvalue weighted by molar-refractivity contribution is 6.30. The zero-order valence-corrected chi connectivity index (χ0v) is 9.16. The zero-order valence-electron chi connectivity index (χ0n) is 8.41. The predicted molar refractivity (Wildman–Crippen MR) is 61.8 cm³/mol. The Bertz CT molecular complexity index is 445. The van der Waals surface area contributed by atoms with Crippen molar-refractivity contribution in [3.63, 3.8) is 0 Å². The average Bonchev–Trinajstić information content (AvgIpc) is 2.68. The monoisotopic (exact) mass is 221 g/mol. The van der Waals surface area contributed by atoms with Crippen molar-refractivity contribution in [2.24, 2.45) is 5.73 Å². The van der Waals surface area contributed by atoms with Crippen molar-refractivity contribution in [3.8, 4) is 11.3 Å². The summed E-state index contributed by atoms with van der Waals surface area (Å²) in [5.41, 5.74) is 6.72. The molecule has 2 rings (SSSR count). The molecule has 2 aromatic rings. The second kappa shape index (κ2) is 4.09. The third-order valence-corrected chi connectivity index (χ3v) is 2.46. The fourth-order valence-corrected chi connectivity index (χ4v) is 1.49. The molecule has 0 aliphatic carbocycles. The second-order valence-corrected chi connectivity index (χ2v) is 3.93. The van der Waals surface area contributed by atoms with E-state index in [2.05, 4.69) is 0 Å². The van der Waals surface area contributed by atoms with E-state index in [1.54, 1.807) is 0 Å². The maximum atomic E-state index is 5.80. The van der Waals surface area contributed by atoms with Crippen LogP contribution in [0.3, 0.4) is 0 Å². The first kappa shape index (κ1) is 10.3. The van der Waals surface area contributed by atoms with Gasteiger partial charge < -0.3 is 10.2 Å². The number of halogens is 1. The van der Waals surface area contributed by atoms with Gasteiger partial charge in [0, 0.05) is 10.6 Å². The summed E-state index contributed by atoms with van der Waals surface area (Å²) in [4.78, 5) is 0. The van der Waals surface area contributed by atoms with E-state index in [0.717, 1.165) is 22.1 Å². The van der Waals surface area contributed by atoms with E-state index < -0.39 is 0 Å². The Hall–Kier alpha value is -1.25. The van der Waals surface area contributed by atoms with Crippen LogP contribution in [-0.4, -0.2) is 0 Å². The number of hydrogen-bond donors (Lipinski definition) is 1. The topological polar surface area (TPSA) is 39.2 Å². The molecule has 0 spiro atoms. The summed E-state index contributed by atoms with van der Waals surface area (Å²) in [6.07, 6.45) is 0. The van der Waals surface area contributed by atoms with Gasteiger partial charge in [-0.05, 0) is 43.3 Å². The Morgan fingerprint density at radius 2 is 1.80 bits per heavy atom. The quantitative estimate of drug-likeness (QED) is 0.841. The van der Waals surface area contributed by atoms with Crippen molar-refractivity contribution >= 4 is 11.6 Å². The molecule has 1 aromatic heterocycles. The smallest absolute Gasteiger partial charge is 0.134 e. The lowest BCUT2D eigenvalue weighted by Crippen LogP contribution is -2.02. The largest absolute Gasteiger partial charge is 0.459 e. The van der Waals surface area contributed by atoms with Gasteiger partial charge in [0.15, 0.2) is 0 Å². The fourth-order valence-electron chi connectivity index (χ4n) is 1.37. The summed E-state index contributed by atoms with van der Waals surface area (Å²) in [6.45, 7) is 1.89. The number of nitrogens with two attached hydrogens (primary N) is 1. The van der Waals surface area contributed by atoms with Gasteiger partial charge in [0.2, 0.25) is 0 Å². The maximum absolute atomic E-state index is 5.80. The van der Waals surface area contributed by atoms with Gasteiger partial charge in [-0.1, -0.05) is 11.6 Å². The molecule has 78 valence electrons. The number of rotatable bonds is 2. The molecular weight excluding hydrogens is 210 g/mol. The standard InChI is InChI=1S/C12H12ClNO/c1-8(14)11-6-7-12(15-11)9-2-4-10(13)5-3-9/h2-8H,14H2,1H3/t8-/m0/s1. The summed E-state index contributed by atoms with van der Waals surface area (Å²) in [5.74, 6) is 1.61. The molecule has 1 atom stereocenters. The minimum Gasteiger partial charge on any atom is -0.459 e. The van der Waals surface area contributed by atoms with E-state index in [0.29, 0.717) is 0 Å². The molecule has 0 unspecified atom stereocenters. The molecular formula is C12H12ClNO. The Morgan fingerprint density at radius 3 is 2.33 bits per heavy atom. The van der Waals surface area contributed by atoms with Gasteiger partial charge in [-0.3, -0.25) is 0 Å². The van der Waals surface area contributed by atoms with Gasteiger partial charge in [-0.2, -0.15) is 0 Å². The lowest BCUT2D eigenvalue weighted by atomic mass is 10.2. The van der Waals surface area contributed by atoms with Crippen LogP contribution in [0.2, 0.25) is 5.02 Å². The molecule has 15 heavy (non-hydrogen) atoms. The molecule has 0 aliphatic heterocycles. The molecule has 0 bridgehead atoms. The Kier molecular flexibility index (Phi) is 2.80. The normalized spacial score (nSPS) is 12.7. The van der Waals surface area contributed by atoms with Crippen molar-refractivity contribution in [2.45, 2.75) is 13.0 Å². The highest BCUT2D eigenvalue weighted by Crippen LogP contribution is 2.25. The van der Waals surface area contributed by atoms with E-state index in [9.17, 15) is 0 Å². The lowest BCUT2D eigenvalue weighted by Gasteiger charge is -2.00. The molecule has 1 aromatic carbocycles. The Labute approximate surface area is 93.7 Å². The molecule has 2 N–H and O–H groups in total. The zero-order chi connectivity index (χ0) is 10.8. The van der Waals surface area contributed by atoms with Gasteiger partial charge in [0.05, 0.1) is 6.04 Å². The van der Waals surface area contributed by atoms with Crippen LogP contribution in [0.1, 0.15) is 18.7 Å². The van der Waals surface area contributed by atoms with Crippen molar-refractivity contribution in [3.05, 3.63) is 47.2 Å². The minimum atomic E-state index is -0.0777. The van der Waals surface area contributed by atoms with Gasteiger partial charge in [0.25, 0.3) is 0 Å². The summed E-state index contributed by atoms with van der Waals surface area (Å²) in [5, 5.41) is 0.720. The van der Waals surface area contributed by atoms with E-state index in [4.69, 9.17) is 21.8 Å². The van der Waals surface area contributed by atoms with Crippen LogP contribution < -0.4 is 5.73 Å². The molecule has 0 saturated carbocycles. The van der Waals surface area contributed by atoms with Crippen LogP contribution in [-0.2, 0) is 0 Å². The van der Waals surface area contributed by atoms with Crippen molar-refractivity contribution in [1.82, 2.24) is 0 Å². The highest BCUT2D eigenvalue weighted by Gasteiger charge is 2.07. The fraction of sp³-hybridized carbons (Fsp3) is 0.167. The third-order valence-electron chi connectivity index (χ3n) is 2.20. The van der Waals surface area contributed by atoms with Crippen LogP contribution >= 0.6 is 11.6 Å². The minimum absolute atomic E-state index is 0.0777. The van der Waals surface area contributed by atoms with E-state index >= 15 is 0 Å². The highest BCUT2D eigenvalue weighted by atomic mass is 35.5. The van der Waals surface area contributed by atoms with Crippen LogP contribution in [0.25, 0.3) is 11.3 Å². The first-order valence-electron chi connectivity index (χ1n) is 4.78. The lowest BCUT2D eigenvalue weighted by molar-refractivity contribution is 0.491. The molecule has 1 heterocycles. The van der Waals surface area contributed by atoms with E-state index in [1.165, 1.54) is 0 Å². The molecule has 0 radical (unpaired) electrons. The first-order chi connectivity index (χ1) is 7.16. The third kappa shape index (κ3) is 2.22. The van der Waals surface area contributed by atoms with E-state index in [-0.39, 0.29) is 6.04 Å². The first-order valence-corrected chi connectivity index (χ1v) is 5.16. The summed E-state index contributed by atoms with van der Waals surface area (Å²) >= 11 is 5.80. The molecule has 0 fully saturated rings.